The quantitative estimate of drug-likeness (QED) is 0.222. The van der Waals surface area contributed by atoms with Gasteiger partial charge in [0.05, 0.1) is 0 Å². The fourth-order valence-electron chi connectivity index (χ4n) is 0. The average Bonchev–Trinajstić information content (AvgIpc) is 1.38. The summed E-state index contributed by atoms with van der Waals surface area (Å²) in [7, 11) is 5.72. The summed E-state index contributed by atoms with van der Waals surface area (Å²) < 4.78 is 0. The summed E-state index contributed by atoms with van der Waals surface area (Å²) in [4.78, 5) is 0. The minimum absolute atomic E-state index is 0.0926. The van der Waals surface area contributed by atoms with Gasteiger partial charge in [-0.2, -0.15) is 0 Å². The number of hydrogen-bond acceptors (Lipinski definition) is 1. The Hall–Kier alpha value is -0.400. The summed E-state index contributed by atoms with van der Waals surface area (Å²) in [5, 5.41) is 6.34. The molecule has 0 aromatic rings. The van der Waals surface area contributed by atoms with E-state index in [4.69, 9.17) is 18.9 Å². The van der Waals surface area contributed by atoms with Gasteiger partial charge in [0.25, 0.3) is 0 Å². The maximum absolute atomic E-state index is 6.34. The van der Waals surface area contributed by atoms with E-state index in [1.807, 2.05) is 0 Å². The number of nitrogens with two attached hydrogens (primary N) is 1. The van der Waals surface area contributed by atoms with Crippen LogP contribution in [0.2, 0.25) is 0 Å². The minimum Gasteiger partial charge on any atom is -0.397 e. The molecule has 0 unspecified atom stereocenters. The summed E-state index contributed by atoms with van der Waals surface area (Å²) in [5.74, 6) is 0. The molecule has 2 nitrogen and oxygen atoms in total. The smallest absolute Gasteiger partial charge is 0.143 e. The summed E-state index contributed by atoms with van der Waals surface area (Å²) in [6.45, 7) is 0. The Bertz CT molecular complexity index is 42.9. The Morgan fingerprint density at radius 1 is 2.00 bits per heavy atom. The molecule has 0 aromatic heterocycles. The lowest BCUT2D eigenvalue weighted by molar-refractivity contribution is 1.50. The minimum atomic E-state index is -0.0926. The van der Waals surface area contributed by atoms with E-state index in [0.717, 1.165) is 7.17 Å². The fourth-order valence-corrected chi connectivity index (χ4v) is 0. The van der Waals surface area contributed by atoms with Gasteiger partial charge < -0.3 is 11.1 Å². The van der Waals surface area contributed by atoms with Crippen LogP contribution in [0.25, 0.3) is 0 Å². The Balaban J connectivity index is 2.85. The highest BCUT2D eigenvalue weighted by molar-refractivity contribution is 7.08. The van der Waals surface area contributed by atoms with Gasteiger partial charge in [0.2, 0.25) is 0 Å². The first-order chi connectivity index (χ1) is 2.27. The topological polar surface area (TPSA) is 49.9 Å². The van der Waals surface area contributed by atoms with Crippen LogP contribution in [0.3, 0.4) is 0 Å². The van der Waals surface area contributed by atoms with Crippen LogP contribution >= 0.6 is 0 Å². The van der Waals surface area contributed by atoms with Crippen molar-refractivity contribution in [2.45, 2.75) is 0 Å². The van der Waals surface area contributed by atoms with Crippen molar-refractivity contribution in [2.24, 2.45) is 5.73 Å². The van der Waals surface area contributed by atoms with Gasteiger partial charge in [-0.05, 0) is 0 Å². The van der Waals surface area contributed by atoms with Gasteiger partial charge in [0, 0.05) is 13.5 Å². The Morgan fingerprint density at radius 2 is 2.20 bits per heavy atom. The molecule has 5 heavy (non-hydrogen) atoms. The molecule has 3 N–H and O–H groups in total. The lowest BCUT2D eigenvalue weighted by Gasteiger charge is -1.77. The van der Waals surface area contributed by atoms with E-state index in [-0.39, 0.29) is 5.73 Å². The molecule has 0 atom stereocenters. The van der Waals surface area contributed by atoms with E-state index in [2.05, 4.69) is 0 Å². The molecule has 0 aliphatic rings. The number of rotatable bonds is 1. The molecule has 0 rings (SSSR count). The second-order valence-electron chi connectivity index (χ2n) is 0.622. The van der Waals surface area contributed by atoms with E-state index >= 15 is 0 Å². The average molecular weight is 64.7 g/mol. The van der Waals surface area contributed by atoms with Crippen LogP contribution < -0.4 is 5.73 Å². The molecular weight excluding hydrogens is 61.6 g/mol. The molecule has 0 aliphatic heterocycles. The van der Waals surface area contributed by atoms with Crippen LogP contribution in [0.1, 0.15) is 0 Å². The molecule has 4 heteroatoms. The van der Waals surface area contributed by atoms with Crippen molar-refractivity contribution < 1.29 is 0 Å². The summed E-state index contributed by atoms with van der Waals surface area (Å²) in [6, 6.07) is 0. The van der Waals surface area contributed by atoms with Crippen LogP contribution in [-0.4, -0.2) is 20.6 Å². The molecule has 0 heterocycles. The largest absolute Gasteiger partial charge is 0.397 e. The van der Waals surface area contributed by atoms with Crippen molar-refractivity contribution >= 4 is 20.6 Å². The Labute approximate surface area is 32.9 Å². The van der Waals surface area contributed by atoms with E-state index < -0.39 is 0 Å². The Kier molecular flexibility index (Phi) is 1.73. The predicted octanol–water partition coefficient (Wildman–Crippen LogP) is -1.33. The molecule has 0 saturated heterocycles. The van der Waals surface area contributed by atoms with E-state index in [1.165, 1.54) is 0 Å². The number of nitrogens with one attached hydrogen (secondary N) is 1. The predicted molar refractivity (Wildman–Crippen MR) is 23.4 cm³/mol. The van der Waals surface area contributed by atoms with Crippen LogP contribution in [-0.2, 0) is 0 Å². The van der Waals surface area contributed by atoms with Gasteiger partial charge in [-0.15, -0.1) is 0 Å². The summed E-state index contributed by atoms with van der Waals surface area (Å²) in [6.07, 6.45) is 0. The van der Waals surface area contributed by atoms with Gasteiger partial charge in [-0.1, -0.05) is 0 Å². The first kappa shape index (κ1) is 4.60. The van der Waals surface area contributed by atoms with Crippen molar-refractivity contribution in [3.63, 3.8) is 0 Å². The SMILES string of the molecule is [B][B]C(=N)N. The fraction of sp³-hybridized carbons (Fsp3) is 0. The molecule has 0 aromatic carbocycles. The molecular formula is CH3B2N2. The second-order valence-corrected chi connectivity index (χ2v) is 0.622. The highest BCUT2D eigenvalue weighted by Crippen LogP contribution is 1.37. The van der Waals surface area contributed by atoms with Gasteiger partial charge in [0.15, 0.2) is 0 Å². The first-order valence-electron chi connectivity index (χ1n) is 1.16. The monoisotopic (exact) mass is 65.0 g/mol. The van der Waals surface area contributed by atoms with Gasteiger partial charge in [-0.25, -0.2) is 0 Å². The Morgan fingerprint density at radius 3 is 2.20 bits per heavy atom. The van der Waals surface area contributed by atoms with Crippen LogP contribution in [0.4, 0.5) is 0 Å². The molecule has 0 amide bonds. The maximum atomic E-state index is 6.34. The molecule has 0 bridgehead atoms. The third-order valence-electron chi connectivity index (χ3n) is 0.180. The summed E-state index contributed by atoms with van der Waals surface area (Å²) >= 11 is 0. The van der Waals surface area contributed by atoms with E-state index in [9.17, 15) is 0 Å². The molecule has 0 aliphatic carbocycles. The van der Waals surface area contributed by atoms with E-state index in [1.54, 1.807) is 0 Å². The van der Waals surface area contributed by atoms with E-state index in [0.29, 0.717) is 0 Å². The maximum Gasteiger partial charge on any atom is 0.143 e. The van der Waals surface area contributed by atoms with Gasteiger partial charge in [0.1, 0.15) is 7.17 Å². The van der Waals surface area contributed by atoms with Crippen molar-refractivity contribution in [3.8, 4) is 0 Å². The molecule has 0 saturated carbocycles. The molecule has 3 radical (unpaired) electrons. The molecule has 0 spiro atoms. The van der Waals surface area contributed by atoms with Crippen LogP contribution in [0, 0.1) is 5.41 Å². The lowest BCUT2D eigenvalue weighted by Crippen LogP contribution is -2.17. The highest BCUT2D eigenvalue weighted by atomic mass is 14.6. The van der Waals surface area contributed by atoms with Crippen LogP contribution in [0.5, 0.6) is 0 Å². The zero-order valence-corrected chi connectivity index (χ0v) is 2.73. The van der Waals surface area contributed by atoms with Crippen molar-refractivity contribution in [1.29, 1.82) is 5.41 Å². The van der Waals surface area contributed by atoms with Crippen molar-refractivity contribution in [3.05, 3.63) is 0 Å². The van der Waals surface area contributed by atoms with Crippen molar-refractivity contribution in [1.82, 2.24) is 0 Å². The first-order valence-corrected chi connectivity index (χ1v) is 1.16. The second kappa shape index (κ2) is 1.88. The van der Waals surface area contributed by atoms with Gasteiger partial charge >= 0.3 is 0 Å². The van der Waals surface area contributed by atoms with Crippen molar-refractivity contribution in [2.75, 3.05) is 0 Å². The third kappa shape index (κ3) is 3.60. The molecule has 0 fully saturated rings. The highest BCUT2D eigenvalue weighted by Gasteiger charge is 1.74. The zero-order valence-electron chi connectivity index (χ0n) is 2.73. The standard InChI is InChI=1S/CH3B2N2/c2-3-1(4)5/h(H3,4,5). The van der Waals surface area contributed by atoms with Gasteiger partial charge in [-0.3, -0.25) is 0 Å². The van der Waals surface area contributed by atoms with Crippen LogP contribution in [0.15, 0.2) is 0 Å². The third-order valence-corrected chi connectivity index (χ3v) is 0.180. The lowest BCUT2D eigenvalue weighted by atomic mass is 9.55. The summed E-state index contributed by atoms with van der Waals surface area (Å²) in [5.41, 5.74) is 4.60. The zero-order chi connectivity index (χ0) is 4.28. The normalized spacial score (nSPS) is 6.40. The number of hydrogen-bond donors (Lipinski definition) is 2. The molecule has 23 valence electrons. The number of amidine groups is 1.